The van der Waals surface area contributed by atoms with Crippen LogP contribution in [0.4, 0.5) is 14.5 Å². The van der Waals surface area contributed by atoms with E-state index in [1.165, 1.54) is 18.2 Å². The van der Waals surface area contributed by atoms with Gasteiger partial charge in [-0.05, 0) is 60.2 Å². The van der Waals surface area contributed by atoms with E-state index < -0.39 is 27.6 Å². The lowest BCUT2D eigenvalue weighted by molar-refractivity contribution is 0.102. The Labute approximate surface area is 171 Å². The second-order valence-electron chi connectivity index (χ2n) is 6.05. The first-order chi connectivity index (χ1) is 13.7. The molecule has 3 rings (SSSR count). The molecule has 150 valence electrons. The number of hydrogen-bond acceptors (Lipinski definition) is 3. The van der Waals surface area contributed by atoms with Gasteiger partial charge in [0, 0.05) is 17.1 Å². The van der Waals surface area contributed by atoms with Crippen LogP contribution in [0.5, 0.6) is 0 Å². The van der Waals surface area contributed by atoms with Crippen molar-refractivity contribution in [1.82, 2.24) is 4.72 Å². The van der Waals surface area contributed by atoms with Crippen LogP contribution in [0.25, 0.3) is 0 Å². The molecule has 0 bridgehead atoms. The monoisotopic (exact) mass is 436 g/mol. The molecule has 0 aromatic heterocycles. The van der Waals surface area contributed by atoms with Gasteiger partial charge in [-0.25, -0.2) is 21.9 Å². The minimum absolute atomic E-state index is 0.00414. The highest BCUT2D eigenvalue weighted by molar-refractivity contribution is 7.89. The van der Waals surface area contributed by atoms with E-state index in [0.29, 0.717) is 10.6 Å². The molecule has 1 amide bonds. The number of sulfonamides is 1. The summed E-state index contributed by atoms with van der Waals surface area (Å²) in [6.07, 6.45) is 0. The fourth-order valence-electron chi connectivity index (χ4n) is 2.42. The van der Waals surface area contributed by atoms with Gasteiger partial charge in [0.1, 0.15) is 11.6 Å². The van der Waals surface area contributed by atoms with E-state index in [-0.39, 0.29) is 22.7 Å². The Bertz CT molecular complexity index is 1140. The summed E-state index contributed by atoms with van der Waals surface area (Å²) in [5.41, 5.74) is 0.615. The molecule has 0 saturated heterocycles. The van der Waals surface area contributed by atoms with Crippen molar-refractivity contribution in [3.63, 3.8) is 0 Å². The van der Waals surface area contributed by atoms with Crippen molar-refractivity contribution in [2.75, 3.05) is 5.32 Å². The highest BCUT2D eigenvalue weighted by Crippen LogP contribution is 2.20. The molecular weight excluding hydrogens is 422 g/mol. The molecule has 0 radical (unpaired) electrons. The van der Waals surface area contributed by atoms with Gasteiger partial charge in [-0.2, -0.15) is 0 Å². The van der Waals surface area contributed by atoms with Crippen LogP contribution < -0.4 is 10.0 Å². The van der Waals surface area contributed by atoms with Crippen LogP contribution in [0, 0.1) is 11.6 Å². The summed E-state index contributed by atoms with van der Waals surface area (Å²) in [5, 5.41) is 2.85. The van der Waals surface area contributed by atoms with Crippen LogP contribution in [0.3, 0.4) is 0 Å². The molecule has 0 spiro atoms. The summed E-state index contributed by atoms with van der Waals surface area (Å²) in [6, 6.07) is 14.4. The zero-order valence-electron chi connectivity index (χ0n) is 14.8. The summed E-state index contributed by atoms with van der Waals surface area (Å²) < 4.78 is 54.4. The molecule has 3 aromatic carbocycles. The molecule has 9 heteroatoms. The molecule has 0 aliphatic heterocycles. The van der Waals surface area contributed by atoms with Gasteiger partial charge in [-0.15, -0.1) is 0 Å². The second-order valence-corrected chi connectivity index (χ2v) is 8.26. The Hall–Kier alpha value is -2.81. The Morgan fingerprint density at radius 3 is 2.21 bits per heavy atom. The van der Waals surface area contributed by atoms with Gasteiger partial charge in [-0.1, -0.05) is 23.7 Å². The largest absolute Gasteiger partial charge is 0.319 e. The van der Waals surface area contributed by atoms with Crippen LogP contribution >= 0.6 is 11.6 Å². The van der Waals surface area contributed by atoms with E-state index in [0.717, 1.165) is 24.3 Å². The molecule has 5 nitrogen and oxygen atoms in total. The van der Waals surface area contributed by atoms with Gasteiger partial charge in [-0.3, -0.25) is 4.79 Å². The molecule has 0 aliphatic carbocycles. The first kappa shape index (κ1) is 20.9. The zero-order valence-corrected chi connectivity index (χ0v) is 16.4. The number of benzene rings is 3. The van der Waals surface area contributed by atoms with Gasteiger partial charge >= 0.3 is 0 Å². The van der Waals surface area contributed by atoms with Crippen LogP contribution in [-0.4, -0.2) is 14.3 Å². The number of amides is 1. The van der Waals surface area contributed by atoms with E-state index >= 15 is 0 Å². The van der Waals surface area contributed by atoms with Crippen molar-refractivity contribution in [3.8, 4) is 0 Å². The lowest BCUT2D eigenvalue weighted by Gasteiger charge is -2.10. The highest BCUT2D eigenvalue weighted by atomic mass is 35.5. The fourth-order valence-corrected chi connectivity index (χ4v) is 3.58. The van der Waals surface area contributed by atoms with E-state index in [1.54, 1.807) is 24.3 Å². The minimum Gasteiger partial charge on any atom is -0.319 e. The fraction of sp³-hybridized carbons (Fsp3) is 0.0500. The number of nitrogens with one attached hydrogen (secondary N) is 2. The number of hydrogen-bond donors (Lipinski definition) is 2. The Morgan fingerprint density at radius 2 is 1.59 bits per heavy atom. The number of halogens is 3. The Kier molecular flexibility index (Phi) is 6.26. The minimum atomic E-state index is -3.97. The van der Waals surface area contributed by atoms with E-state index in [9.17, 15) is 22.0 Å². The van der Waals surface area contributed by atoms with Crippen LogP contribution in [0.2, 0.25) is 5.02 Å². The highest BCUT2D eigenvalue weighted by Gasteiger charge is 2.17. The second kappa shape index (κ2) is 8.69. The molecule has 0 aliphatic rings. The van der Waals surface area contributed by atoms with E-state index in [1.807, 2.05) is 0 Å². The quantitative estimate of drug-likeness (QED) is 0.603. The molecule has 3 aromatic rings. The molecule has 29 heavy (non-hydrogen) atoms. The topological polar surface area (TPSA) is 75.3 Å². The van der Waals surface area contributed by atoms with Crippen molar-refractivity contribution < 1.29 is 22.0 Å². The summed E-state index contributed by atoms with van der Waals surface area (Å²) in [6.45, 7) is 0.00414. The van der Waals surface area contributed by atoms with E-state index in [4.69, 9.17) is 11.6 Å². The maximum Gasteiger partial charge on any atom is 0.255 e. The van der Waals surface area contributed by atoms with Crippen LogP contribution in [-0.2, 0) is 16.6 Å². The summed E-state index contributed by atoms with van der Waals surface area (Å²) in [7, 11) is -3.97. The summed E-state index contributed by atoms with van der Waals surface area (Å²) in [5.74, 6) is -2.08. The number of anilines is 1. The van der Waals surface area contributed by atoms with Crippen molar-refractivity contribution in [3.05, 3.63) is 94.5 Å². The number of carbonyl (C=O) groups is 1. The normalized spacial score (nSPS) is 11.3. The van der Waals surface area contributed by atoms with Crippen LogP contribution in [0.1, 0.15) is 15.9 Å². The SMILES string of the molecule is O=C(Nc1ccc(S(=O)(=O)NCc2ccc(Cl)cc2)cc1F)c1ccc(F)cc1. The predicted octanol–water partition coefficient (Wildman–Crippen LogP) is 4.35. The van der Waals surface area contributed by atoms with Gasteiger partial charge in [0.15, 0.2) is 0 Å². The molecule has 0 saturated carbocycles. The number of rotatable bonds is 6. The third kappa shape index (κ3) is 5.38. The van der Waals surface area contributed by atoms with Gasteiger partial charge in [0.25, 0.3) is 5.91 Å². The molecular formula is C20H15ClF2N2O3S. The number of carbonyl (C=O) groups excluding carboxylic acids is 1. The van der Waals surface area contributed by atoms with Gasteiger partial charge in [0.05, 0.1) is 10.6 Å². The molecule has 0 fully saturated rings. The molecule has 0 heterocycles. The van der Waals surface area contributed by atoms with Crippen LogP contribution in [0.15, 0.2) is 71.6 Å². The van der Waals surface area contributed by atoms with Gasteiger partial charge in [0.2, 0.25) is 10.0 Å². The average molecular weight is 437 g/mol. The molecule has 2 N–H and O–H groups in total. The lowest BCUT2D eigenvalue weighted by atomic mass is 10.2. The van der Waals surface area contributed by atoms with Crippen molar-refractivity contribution in [1.29, 1.82) is 0 Å². The molecule has 0 atom stereocenters. The maximum absolute atomic E-state index is 14.3. The van der Waals surface area contributed by atoms with Gasteiger partial charge < -0.3 is 5.32 Å². The third-order valence-electron chi connectivity index (χ3n) is 3.99. The maximum atomic E-state index is 14.3. The van der Waals surface area contributed by atoms with Crippen molar-refractivity contribution in [2.24, 2.45) is 0 Å². The standard InChI is InChI=1S/C20H15ClF2N2O3S/c21-15-5-1-13(2-6-15)12-24-29(27,28)17-9-10-19(18(23)11-17)25-20(26)14-3-7-16(22)8-4-14/h1-11,24H,12H2,(H,25,26). The predicted molar refractivity (Wildman–Crippen MR) is 106 cm³/mol. The van der Waals surface area contributed by atoms with Crippen molar-refractivity contribution >= 4 is 33.2 Å². The lowest BCUT2D eigenvalue weighted by Crippen LogP contribution is -2.23. The Morgan fingerprint density at radius 1 is 0.931 bits per heavy atom. The Balaban J connectivity index is 1.71. The molecule has 0 unspecified atom stereocenters. The van der Waals surface area contributed by atoms with E-state index in [2.05, 4.69) is 10.0 Å². The third-order valence-corrected chi connectivity index (χ3v) is 5.64. The summed E-state index contributed by atoms with van der Waals surface area (Å²) in [4.78, 5) is 11.8. The first-order valence-corrected chi connectivity index (χ1v) is 10.2. The smallest absolute Gasteiger partial charge is 0.255 e. The van der Waals surface area contributed by atoms with Crippen molar-refractivity contribution in [2.45, 2.75) is 11.4 Å². The zero-order chi connectivity index (χ0) is 21.0. The summed E-state index contributed by atoms with van der Waals surface area (Å²) >= 11 is 5.78. The average Bonchev–Trinajstić information content (AvgIpc) is 2.69. The first-order valence-electron chi connectivity index (χ1n) is 8.35.